The van der Waals surface area contributed by atoms with Crippen LogP contribution in [0.4, 0.5) is 0 Å². The molecule has 0 amide bonds. The van der Waals surface area contributed by atoms with E-state index >= 15 is 0 Å². The van der Waals surface area contributed by atoms with Crippen molar-refractivity contribution in [1.82, 2.24) is 0 Å². The van der Waals surface area contributed by atoms with Crippen LogP contribution in [-0.4, -0.2) is 5.75 Å². The fraction of sp³-hybridized carbons (Fsp3) is 0.857. The topological polar surface area (TPSA) is 0 Å². The highest BCUT2D eigenvalue weighted by Gasteiger charge is 2.14. The van der Waals surface area contributed by atoms with E-state index in [0.717, 1.165) is 5.92 Å². The largest absolute Gasteiger partial charge is 0.131 e. The zero-order valence-electron chi connectivity index (χ0n) is 10.3. The maximum absolute atomic E-state index is 4.21. The number of hydrogen-bond donors (Lipinski definition) is 0. The van der Waals surface area contributed by atoms with Crippen molar-refractivity contribution in [3.63, 3.8) is 0 Å². The standard InChI is InChI=1S/C14H26S/c1-3-4-8-11-15-13(2)12-14-9-6-5-7-10-14/h14H,2-12H2,1H3. The molecule has 0 unspecified atom stereocenters. The van der Waals surface area contributed by atoms with Gasteiger partial charge in [-0.15, -0.1) is 11.8 Å². The van der Waals surface area contributed by atoms with Gasteiger partial charge in [0.25, 0.3) is 0 Å². The van der Waals surface area contributed by atoms with Crippen molar-refractivity contribution in [2.24, 2.45) is 5.92 Å². The Morgan fingerprint density at radius 3 is 2.60 bits per heavy atom. The molecule has 0 N–H and O–H groups in total. The zero-order valence-corrected chi connectivity index (χ0v) is 11.1. The lowest BCUT2D eigenvalue weighted by atomic mass is 9.87. The molecule has 0 radical (unpaired) electrons. The summed E-state index contributed by atoms with van der Waals surface area (Å²) in [6, 6.07) is 0. The van der Waals surface area contributed by atoms with Gasteiger partial charge in [0.05, 0.1) is 0 Å². The van der Waals surface area contributed by atoms with Gasteiger partial charge < -0.3 is 0 Å². The van der Waals surface area contributed by atoms with Crippen molar-refractivity contribution in [1.29, 1.82) is 0 Å². The van der Waals surface area contributed by atoms with Gasteiger partial charge in [0, 0.05) is 0 Å². The van der Waals surface area contributed by atoms with E-state index in [4.69, 9.17) is 0 Å². The Kier molecular flexibility index (Phi) is 7.25. The van der Waals surface area contributed by atoms with E-state index in [-0.39, 0.29) is 0 Å². The second kappa shape index (κ2) is 8.27. The van der Waals surface area contributed by atoms with Gasteiger partial charge in [-0.3, -0.25) is 0 Å². The number of thioether (sulfide) groups is 1. The van der Waals surface area contributed by atoms with Crippen LogP contribution in [0.15, 0.2) is 11.5 Å². The predicted molar refractivity (Wildman–Crippen MR) is 72.3 cm³/mol. The van der Waals surface area contributed by atoms with Gasteiger partial charge in [-0.05, 0) is 29.4 Å². The maximum Gasteiger partial charge on any atom is -0.00234 e. The number of hydrogen-bond acceptors (Lipinski definition) is 1. The molecular formula is C14H26S. The first-order valence-corrected chi connectivity index (χ1v) is 7.62. The molecule has 15 heavy (non-hydrogen) atoms. The molecule has 0 aromatic rings. The monoisotopic (exact) mass is 226 g/mol. The average molecular weight is 226 g/mol. The minimum atomic E-state index is 0.963. The molecule has 0 atom stereocenters. The minimum Gasteiger partial charge on any atom is -0.131 e. The van der Waals surface area contributed by atoms with Gasteiger partial charge in [-0.25, -0.2) is 0 Å². The summed E-state index contributed by atoms with van der Waals surface area (Å²) in [7, 11) is 0. The molecule has 1 rings (SSSR count). The van der Waals surface area contributed by atoms with E-state index in [1.165, 1.54) is 68.4 Å². The molecule has 0 bridgehead atoms. The highest BCUT2D eigenvalue weighted by atomic mass is 32.2. The summed E-state index contributed by atoms with van der Waals surface area (Å²) in [4.78, 5) is 1.44. The second-order valence-electron chi connectivity index (χ2n) is 4.80. The van der Waals surface area contributed by atoms with E-state index in [0.29, 0.717) is 0 Å². The molecule has 0 aromatic heterocycles. The summed E-state index contributed by atoms with van der Waals surface area (Å²) in [6.07, 6.45) is 12.6. The van der Waals surface area contributed by atoms with Crippen molar-refractivity contribution in [3.05, 3.63) is 11.5 Å². The fourth-order valence-corrected chi connectivity index (χ4v) is 3.33. The van der Waals surface area contributed by atoms with Crippen molar-refractivity contribution in [2.75, 3.05) is 5.75 Å². The first kappa shape index (κ1) is 13.2. The molecule has 0 aromatic carbocycles. The van der Waals surface area contributed by atoms with E-state index in [1.54, 1.807) is 0 Å². The summed E-state index contributed by atoms with van der Waals surface area (Å²) < 4.78 is 0. The Bertz CT molecular complexity index is 168. The Morgan fingerprint density at radius 1 is 1.20 bits per heavy atom. The maximum atomic E-state index is 4.21. The van der Waals surface area contributed by atoms with Gasteiger partial charge in [0.15, 0.2) is 0 Å². The Balaban J connectivity index is 2.01. The zero-order chi connectivity index (χ0) is 10.9. The van der Waals surface area contributed by atoms with Gasteiger partial charge in [-0.2, -0.15) is 0 Å². The quantitative estimate of drug-likeness (QED) is 0.524. The highest BCUT2D eigenvalue weighted by Crippen LogP contribution is 2.32. The average Bonchev–Trinajstić information content (AvgIpc) is 2.26. The third-order valence-corrected chi connectivity index (χ3v) is 4.36. The van der Waals surface area contributed by atoms with Crippen LogP contribution >= 0.6 is 11.8 Å². The number of unbranched alkanes of at least 4 members (excludes halogenated alkanes) is 2. The summed E-state index contributed by atoms with van der Waals surface area (Å²) in [5.74, 6) is 2.25. The molecule has 0 heterocycles. The molecule has 1 saturated carbocycles. The third-order valence-electron chi connectivity index (χ3n) is 3.30. The van der Waals surface area contributed by atoms with E-state index in [2.05, 4.69) is 13.5 Å². The van der Waals surface area contributed by atoms with Crippen LogP contribution in [0.1, 0.15) is 64.7 Å². The van der Waals surface area contributed by atoms with E-state index in [9.17, 15) is 0 Å². The van der Waals surface area contributed by atoms with Crippen LogP contribution in [0.25, 0.3) is 0 Å². The SMILES string of the molecule is C=C(CC1CCCCC1)SCCCCC. The van der Waals surface area contributed by atoms with E-state index in [1.807, 2.05) is 11.8 Å². The van der Waals surface area contributed by atoms with Crippen LogP contribution < -0.4 is 0 Å². The Labute approximate surface area is 99.9 Å². The summed E-state index contributed by atoms with van der Waals surface area (Å²) in [6.45, 7) is 6.47. The van der Waals surface area contributed by atoms with Crippen LogP contribution in [0.3, 0.4) is 0 Å². The lowest BCUT2D eigenvalue weighted by Gasteiger charge is -2.22. The summed E-state index contributed by atoms with van der Waals surface area (Å²) in [5.41, 5.74) is 0. The predicted octanol–water partition coefficient (Wildman–Crippen LogP) is 5.39. The lowest BCUT2D eigenvalue weighted by molar-refractivity contribution is 0.360. The molecule has 1 fully saturated rings. The molecule has 0 nitrogen and oxygen atoms in total. The summed E-state index contributed by atoms with van der Waals surface area (Å²) >= 11 is 2.02. The van der Waals surface area contributed by atoms with Crippen molar-refractivity contribution >= 4 is 11.8 Å². The normalized spacial score (nSPS) is 17.9. The molecule has 0 spiro atoms. The van der Waals surface area contributed by atoms with E-state index < -0.39 is 0 Å². The molecule has 88 valence electrons. The van der Waals surface area contributed by atoms with Gasteiger partial charge in [0.1, 0.15) is 0 Å². The number of allylic oxidation sites excluding steroid dienone is 1. The first-order chi connectivity index (χ1) is 7.33. The van der Waals surface area contributed by atoms with Crippen LogP contribution in [0, 0.1) is 5.92 Å². The molecule has 1 heteroatoms. The van der Waals surface area contributed by atoms with Crippen LogP contribution in [-0.2, 0) is 0 Å². The molecule has 0 saturated heterocycles. The van der Waals surface area contributed by atoms with Crippen molar-refractivity contribution in [3.8, 4) is 0 Å². The van der Waals surface area contributed by atoms with Crippen LogP contribution in [0.2, 0.25) is 0 Å². The highest BCUT2D eigenvalue weighted by molar-refractivity contribution is 8.03. The lowest BCUT2D eigenvalue weighted by Crippen LogP contribution is -2.06. The van der Waals surface area contributed by atoms with Gasteiger partial charge >= 0.3 is 0 Å². The molecule has 1 aliphatic rings. The van der Waals surface area contributed by atoms with Crippen molar-refractivity contribution in [2.45, 2.75) is 64.7 Å². The smallest absolute Gasteiger partial charge is 0.00234 e. The Hall–Kier alpha value is 0.0900. The number of rotatable bonds is 7. The molecular weight excluding hydrogens is 200 g/mol. The molecule has 1 aliphatic carbocycles. The fourth-order valence-electron chi connectivity index (χ4n) is 2.34. The second-order valence-corrected chi connectivity index (χ2v) is 6.08. The minimum absolute atomic E-state index is 0.963. The van der Waals surface area contributed by atoms with Crippen molar-refractivity contribution < 1.29 is 0 Å². The third kappa shape index (κ3) is 6.29. The van der Waals surface area contributed by atoms with Gasteiger partial charge in [0.2, 0.25) is 0 Å². The summed E-state index contributed by atoms with van der Waals surface area (Å²) in [5, 5.41) is 0. The Morgan fingerprint density at radius 2 is 1.93 bits per heavy atom. The molecule has 0 aliphatic heterocycles. The van der Waals surface area contributed by atoms with Gasteiger partial charge in [-0.1, -0.05) is 58.4 Å². The van der Waals surface area contributed by atoms with Crippen LogP contribution in [0.5, 0.6) is 0 Å². The first-order valence-electron chi connectivity index (χ1n) is 6.63.